The summed E-state index contributed by atoms with van der Waals surface area (Å²) in [4.78, 5) is 15.5. The Morgan fingerprint density at radius 3 is 3.00 bits per heavy atom. The first-order valence-corrected chi connectivity index (χ1v) is 6.29. The van der Waals surface area contributed by atoms with Crippen molar-refractivity contribution in [2.45, 2.75) is 19.5 Å². The fraction of sp³-hybridized carbons (Fsp3) is 0.286. The van der Waals surface area contributed by atoms with Gasteiger partial charge in [0.15, 0.2) is 6.04 Å². The number of carbonyl (C=O) groups is 1. The van der Waals surface area contributed by atoms with Crippen LogP contribution >= 0.6 is 0 Å². The molecule has 0 fully saturated rings. The molecule has 0 saturated carbocycles. The number of aromatic nitrogens is 2. The highest BCUT2D eigenvalue weighted by Gasteiger charge is 2.23. The molecule has 1 aromatic carbocycles. The number of hydrogen-bond acceptors (Lipinski definition) is 4. The minimum atomic E-state index is -0.956. The molecule has 0 aliphatic heterocycles. The van der Waals surface area contributed by atoms with Crippen LogP contribution in [0.25, 0.3) is 0 Å². The van der Waals surface area contributed by atoms with Gasteiger partial charge in [0.1, 0.15) is 5.75 Å². The van der Waals surface area contributed by atoms with E-state index < -0.39 is 12.0 Å². The summed E-state index contributed by atoms with van der Waals surface area (Å²) >= 11 is 0. The van der Waals surface area contributed by atoms with Crippen LogP contribution in [0.3, 0.4) is 0 Å². The predicted molar refractivity (Wildman–Crippen MR) is 74.9 cm³/mol. The van der Waals surface area contributed by atoms with E-state index in [0.29, 0.717) is 23.7 Å². The van der Waals surface area contributed by atoms with Gasteiger partial charge in [-0.25, -0.2) is 9.78 Å². The van der Waals surface area contributed by atoms with E-state index in [2.05, 4.69) is 10.3 Å². The summed E-state index contributed by atoms with van der Waals surface area (Å²) < 4.78 is 6.93. The standard InChI is InChI=1S/C14H17N3O3/c1-3-17-9-15-8-12(17)13(14(18)19)16-10-5-4-6-11(7-10)20-2/h4-9,13,16H,3H2,1-2H3,(H,18,19). The summed E-state index contributed by atoms with van der Waals surface area (Å²) in [7, 11) is 1.57. The molecule has 106 valence electrons. The van der Waals surface area contributed by atoms with Gasteiger partial charge in [-0.2, -0.15) is 0 Å². The average molecular weight is 275 g/mol. The van der Waals surface area contributed by atoms with Gasteiger partial charge in [0.2, 0.25) is 0 Å². The van der Waals surface area contributed by atoms with E-state index in [1.807, 2.05) is 6.92 Å². The lowest BCUT2D eigenvalue weighted by Gasteiger charge is -2.17. The van der Waals surface area contributed by atoms with Crippen LogP contribution in [-0.2, 0) is 11.3 Å². The van der Waals surface area contributed by atoms with Gasteiger partial charge in [-0.3, -0.25) is 0 Å². The van der Waals surface area contributed by atoms with Crippen LogP contribution in [0, 0.1) is 0 Å². The molecule has 0 saturated heterocycles. The molecule has 0 aliphatic carbocycles. The van der Waals surface area contributed by atoms with E-state index >= 15 is 0 Å². The minimum Gasteiger partial charge on any atom is -0.497 e. The molecule has 0 aliphatic rings. The molecular weight excluding hydrogens is 258 g/mol. The normalized spacial score (nSPS) is 11.9. The molecule has 2 rings (SSSR count). The van der Waals surface area contributed by atoms with Crippen molar-refractivity contribution < 1.29 is 14.6 Å². The lowest BCUT2D eigenvalue weighted by Crippen LogP contribution is -2.23. The van der Waals surface area contributed by atoms with Crippen LogP contribution in [0.1, 0.15) is 18.7 Å². The van der Waals surface area contributed by atoms with E-state index in [-0.39, 0.29) is 0 Å². The molecule has 1 unspecified atom stereocenters. The summed E-state index contributed by atoms with van der Waals surface area (Å²) in [5, 5.41) is 12.4. The Bertz CT molecular complexity index is 595. The molecule has 6 nitrogen and oxygen atoms in total. The van der Waals surface area contributed by atoms with Gasteiger partial charge < -0.3 is 19.7 Å². The van der Waals surface area contributed by atoms with Crippen molar-refractivity contribution in [1.29, 1.82) is 0 Å². The number of methoxy groups -OCH3 is 1. The number of benzene rings is 1. The fourth-order valence-corrected chi connectivity index (χ4v) is 1.98. The maximum absolute atomic E-state index is 11.5. The molecule has 2 aromatic rings. The highest BCUT2D eigenvalue weighted by atomic mass is 16.5. The molecule has 2 N–H and O–H groups in total. The Labute approximate surface area is 117 Å². The van der Waals surface area contributed by atoms with Crippen molar-refractivity contribution in [2.75, 3.05) is 12.4 Å². The second-order valence-corrected chi connectivity index (χ2v) is 4.25. The zero-order valence-corrected chi connectivity index (χ0v) is 11.4. The van der Waals surface area contributed by atoms with Gasteiger partial charge in [0.05, 0.1) is 25.3 Å². The van der Waals surface area contributed by atoms with Crippen LogP contribution in [-0.4, -0.2) is 27.7 Å². The molecule has 1 atom stereocenters. The van der Waals surface area contributed by atoms with E-state index in [4.69, 9.17) is 4.74 Å². The zero-order valence-electron chi connectivity index (χ0n) is 11.4. The third kappa shape index (κ3) is 2.90. The first kappa shape index (κ1) is 13.9. The minimum absolute atomic E-state index is 0.614. The van der Waals surface area contributed by atoms with Crippen LogP contribution < -0.4 is 10.1 Å². The van der Waals surface area contributed by atoms with Crippen LogP contribution in [0.4, 0.5) is 5.69 Å². The SMILES string of the molecule is CCn1cncc1C(Nc1cccc(OC)c1)C(=O)O. The Hall–Kier alpha value is -2.50. The number of carboxylic acid groups (broad SMARTS) is 1. The summed E-state index contributed by atoms with van der Waals surface area (Å²) in [6.45, 7) is 2.61. The van der Waals surface area contributed by atoms with Crippen LogP contribution in [0.5, 0.6) is 5.75 Å². The first-order valence-electron chi connectivity index (χ1n) is 6.29. The lowest BCUT2D eigenvalue weighted by molar-refractivity contribution is -0.138. The van der Waals surface area contributed by atoms with Gasteiger partial charge in [-0.15, -0.1) is 0 Å². The summed E-state index contributed by atoms with van der Waals surface area (Å²) in [5.74, 6) is -0.286. The summed E-state index contributed by atoms with van der Waals surface area (Å²) in [5.41, 5.74) is 1.29. The molecule has 0 amide bonds. The number of imidazole rings is 1. The van der Waals surface area contributed by atoms with Crippen LogP contribution in [0.15, 0.2) is 36.8 Å². The number of aliphatic carboxylic acids is 1. The number of nitrogens with one attached hydrogen (secondary N) is 1. The number of carboxylic acids is 1. The average Bonchev–Trinajstić information content (AvgIpc) is 2.92. The molecule has 0 bridgehead atoms. The van der Waals surface area contributed by atoms with E-state index in [9.17, 15) is 9.90 Å². The molecule has 0 spiro atoms. The highest BCUT2D eigenvalue weighted by molar-refractivity contribution is 5.78. The molecule has 0 radical (unpaired) electrons. The van der Waals surface area contributed by atoms with E-state index in [1.54, 1.807) is 48.5 Å². The third-order valence-electron chi connectivity index (χ3n) is 3.01. The largest absolute Gasteiger partial charge is 0.497 e. The van der Waals surface area contributed by atoms with E-state index in [1.165, 1.54) is 0 Å². The Morgan fingerprint density at radius 1 is 1.55 bits per heavy atom. The smallest absolute Gasteiger partial charge is 0.332 e. The van der Waals surface area contributed by atoms with Crippen molar-refractivity contribution >= 4 is 11.7 Å². The van der Waals surface area contributed by atoms with Gasteiger partial charge in [0.25, 0.3) is 0 Å². The molecule has 1 aromatic heterocycles. The van der Waals surface area contributed by atoms with Gasteiger partial charge in [-0.1, -0.05) is 6.07 Å². The third-order valence-corrected chi connectivity index (χ3v) is 3.01. The Balaban J connectivity index is 2.28. The van der Waals surface area contributed by atoms with Gasteiger partial charge in [0, 0.05) is 18.3 Å². The molecule has 6 heteroatoms. The maximum atomic E-state index is 11.5. The second-order valence-electron chi connectivity index (χ2n) is 4.25. The lowest BCUT2D eigenvalue weighted by atomic mass is 10.2. The van der Waals surface area contributed by atoms with Gasteiger partial charge in [-0.05, 0) is 19.1 Å². The number of anilines is 1. The van der Waals surface area contributed by atoms with Gasteiger partial charge >= 0.3 is 5.97 Å². The molecular formula is C14H17N3O3. The first-order chi connectivity index (χ1) is 9.65. The fourth-order valence-electron chi connectivity index (χ4n) is 1.98. The topological polar surface area (TPSA) is 76.4 Å². The second kappa shape index (κ2) is 6.10. The van der Waals surface area contributed by atoms with Crippen molar-refractivity contribution in [1.82, 2.24) is 9.55 Å². The summed E-state index contributed by atoms with van der Waals surface area (Å²) in [6, 6.07) is 6.30. The van der Waals surface area contributed by atoms with Crippen molar-refractivity contribution in [3.05, 3.63) is 42.5 Å². The Kier molecular flexibility index (Phi) is 4.24. The zero-order chi connectivity index (χ0) is 14.5. The van der Waals surface area contributed by atoms with Crippen LogP contribution in [0.2, 0.25) is 0 Å². The number of rotatable bonds is 6. The number of nitrogens with zero attached hydrogens (tertiary/aromatic N) is 2. The highest BCUT2D eigenvalue weighted by Crippen LogP contribution is 2.23. The number of hydrogen-bond donors (Lipinski definition) is 2. The van der Waals surface area contributed by atoms with Crippen molar-refractivity contribution in [2.24, 2.45) is 0 Å². The van der Waals surface area contributed by atoms with Crippen molar-refractivity contribution in [3.63, 3.8) is 0 Å². The number of aryl methyl sites for hydroxylation is 1. The maximum Gasteiger partial charge on any atom is 0.332 e. The quantitative estimate of drug-likeness (QED) is 0.844. The monoisotopic (exact) mass is 275 g/mol. The predicted octanol–water partition coefficient (Wildman–Crippen LogP) is 2.15. The summed E-state index contributed by atoms with van der Waals surface area (Å²) in [6.07, 6.45) is 3.19. The molecule has 1 heterocycles. The van der Waals surface area contributed by atoms with E-state index in [0.717, 1.165) is 0 Å². The number of ether oxygens (including phenoxy) is 1. The van der Waals surface area contributed by atoms with Crippen molar-refractivity contribution in [3.8, 4) is 5.75 Å². The Morgan fingerprint density at radius 2 is 2.35 bits per heavy atom. The molecule has 20 heavy (non-hydrogen) atoms.